The van der Waals surface area contributed by atoms with Crippen molar-refractivity contribution < 1.29 is 33.0 Å². The van der Waals surface area contributed by atoms with Gasteiger partial charge in [-0.15, -0.1) is 0 Å². The van der Waals surface area contributed by atoms with Crippen molar-refractivity contribution >= 4 is 23.8 Å². The highest BCUT2D eigenvalue weighted by Crippen LogP contribution is 2.29. The number of hydrogen-bond acceptors (Lipinski definition) is 4. The lowest BCUT2D eigenvalue weighted by Gasteiger charge is -2.12. The summed E-state index contributed by atoms with van der Waals surface area (Å²) in [6, 6.07) is -2.43. The number of rotatable bonds is 6. The third kappa shape index (κ3) is 8.63. The fourth-order valence-corrected chi connectivity index (χ4v) is 1.16. The number of amides is 2. The summed E-state index contributed by atoms with van der Waals surface area (Å²) < 4.78 is 35.0. The van der Waals surface area contributed by atoms with E-state index in [0.29, 0.717) is 0 Å². The van der Waals surface area contributed by atoms with Gasteiger partial charge in [0.15, 0.2) is 6.04 Å². The molecule has 0 radical (unpaired) electrons. The number of thioether (sulfide) groups is 1. The molecular weight excluding hydrogens is 265 g/mol. The second-order valence-corrected chi connectivity index (χ2v) is 3.93. The molecule has 0 saturated carbocycles. The van der Waals surface area contributed by atoms with Gasteiger partial charge in [0.2, 0.25) is 0 Å². The summed E-state index contributed by atoms with van der Waals surface area (Å²) in [6.07, 6.45) is 0. The van der Waals surface area contributed by atoms with E-state index in [1.165, 1.54) is 0 Å². The van der Waals surface area contributed by atoms with E-state index in [0.717, 1.165) is 0 Å². The quantitative estimate of drug-likeness (QED) is 0.511. The Labute approximate surface area is 98.6 Å². The minimum absolute atomic E-state index is 0.270. The topological polar surface area (TPSA) is 98.7 Å². The van der Waals surface area contributed by atoms with E-state index >= 15 is 0 Å². The molecule has 4 N–H and O–H groups in total. The Balaban J connectivity index is 3.77. The molecule has 0 rings (SSSR count). The summed E-state index contributed by atoms with van der Waals surface area (Å²) in [5.41, 5.74) is -4.37. The number of alkyl halides is 3. The van der Waals surface area contributed by atoms with E-state index in [1.807, 2.05) is 10.6 Å². The SMILES string of the molecule is O=C(NCCSC(F)(F)F)N[C@H](CO)C(=O)O. The monoisotopic (exact) mass is 276 g/mol. The zero-order valence-corrected chi connectivity index (χ0v) is 9.27. The molecule has 0 bridgehead atoms. The molecule has 0 fully saturated rings. The number of aliphatic hydroxyl groups is 1. The molecule has 0 aromatic heterocycles. The fourth-order valence-electron chi connectivity index (χ4n) is 0.726. The number of carbonyl (C=O) groups is 2. The van der Waals surface area contributed by atoms with E-state index in [2.05, 4.69) is 0 Å². The lowest BCUT2D eigenvalue weighted by Crippen LogP contribution is -2.48. The highest BCUT2D eigenvalue weighted by atomic mass is 32.2. The van der Waals surface area contributed by atoms with Crippen molar-refractivity contribution in [3.05, 3.63) is 0 Å². The minimum Gasteiger partial charge on any atom is -0.480 e. The number of carboxylic acid groups (broad SMARTS) is 1. The Kier molecular flexibility index (Phi) is 6.73. The molecule has 2 amide bonds. The molecule has 6 nitrogen and oxygen atoms in total. The van der Waals surface area contributed by atoms with Crippen molar-refractivity contribution in [3.8, 4) is 0 Å². The first-order chi connectivity index (χ1) is 7.76. The zero-order valence-electron chi connectivity index (χ0n) is 8.45. The second kappa shape index (κ2) is 7.22. The van der Waals surface area contributed by atoms with Crippen LogP contribution in [0, 0.1) is 0 Å². The Hall–Kier alpha value is -1.16. The van der Waals surface area contributed by atoms with Crippen molar-refractivity contribution in [1.29, 1.82) is 0 Å². The molecule has 1 atom stereocenters. The van der Waals surface area contributed by atoms with Gasteiger partial charge >= 0.3 is 17.5 Å². The smallest absolute Gasteiger partial charge is 0.441 e. The number of hydrogen-bond donors (Lipinski definition) is 4. The molecule has 100 valence electrons. The summed E-state index contributed by atoms with van der Waals surface area (Å²) in [7, 11) is 0. The number of nitrogens with one attached hydrogen (secondary N) is 2. The van der Waals surface area contributed by atoms with Crippen LogP contribution in [0.4, 0.5) is 18.0 Å². The first-order valence-electron chi connectivity index (χ1n) is 4.35. The number of urea groups is 1. The Bertz CT molecular complexity index is 274. The van der Waals surface area contributed by atoms with Gasteiger partial charge in [-0.3, -0.25) is 0 Å². The number of aliphatic carboxylic acids is 1. The normalized spacial score (nSPS) is 12.9. The van der Waals surface area contributed by atoms with E-state index in [1.54, 1.807) is 0 Å². The van der Waals surface area contributed by atoms with Crippen LogP contribution in [0.15, 0.2) is 0 Å². The van der Waals surface area contributed by atoms with E-state index < -0.39 is 30.2 Å². The molecule has 0 aliphatic carbocycles. The number of carbonyl (C=O) groups excluding carboxylic acids is 1. The lowest BCUT2D eigenvalue weighted by molar-refractivity contribution is -0.140. The van der Waals surface area contributed by atoms with Gasteiger partial charge in [-0.2, -0.15) is 13.2 Å². The Morgan fingerprint density at radius 1 is 1.35 bits per heavy atom. The van der Waals surface area contributed by atoms with Crippen LogP contribution in [-0.2, 0) is 4.79 Å². The molecule has 10 heteroatoms. The minimum atomic E-state index is -4.37. The third-order valence-corrected chi connectivity index (χ3v) is 2.17. The van der Waals surface area contributed by atoms with Gasteiger partial charge in [-0.05, 0) is 11.8 Å². The summed E-state index contributed by atoms with van der Waals surface area (Å²) in [4.78, 5) is 21.3. The number of carboxylic acids is 1. The van der Waals surface area contributed by atoms with Gasteiger partial charge in [0.05, 0.1) is 6.61 Å². The van der Waals surface area contributed by atoms with Gasteiger partial charge < -0.3 is 20.8 Å². The summed E-state index contributed by atoms with van der Waals surface area (Å²) in [5, 5.41) is 20.9. The second-order valence-electron chi connectivity index (χ2n) is 2.77. The standard InChI is InChI=1S/C7H11F3N2O4S/c8-7(9,10)17-2-1-11-6(16)12-4(3-13)5(14)15/h4,13H,1-3H2,(H,14,15)(H2,11,12,16)/t4-/m1/s1. The van der Waals surface area contributed by atoms with Crippen molar-refractivity contribution in [2.24, 2.45) is 0 Å². The predicted octanol–water partition coefficient (Wildman–Crippen LogP) is -0.0159. The van der Waals surface area contributed by atoms with Gasteiger partial charge in [0.25, 0.3) is 0 Å². The molecule has 0 aliphatic rings. The zero-order chi connectivity index (χ0) is 13.5. The molecule has 17 heavy (non-hydrogen) atoms. The molecule has 0 heterocycles. The van der Waals surface area contributed by atoms with Crippen molar-refractivity contribution in [1.82, 2.24) is 10.6 Å². The maximum absolute atomic E-state index is 11.7. The predicted molar refractivity (Wildman–Crippen MR) is 53.6 cm³/mol. The van der Waals surface area contributed by atoms with E-state index in [-0.39, 0.29) is 24.1 Å². The van der Waals surface area contributed by atoms with Crippen LogP contribution in [0.1, 0.15) is 0 Å². The van der Waals surface area contributed by atoms with Crippen molar-refractivity contribution in [3.63, 3.8) is 0 Å². The van der Waals surface area contributed by atoms with Crippen molar-refractivity contribution in [2.75, 3.05) is 18.9 Å². The average Bonchev–Trinajstić information content (AvgIpc) is 2.19. The van der Waals surface area contributed by atoms with Crippen LogP contribution in [-0.4, -0.2) is 52.7 Å². The average molecular weight is 276 g/mol. The van der Waals surface area contributed by atoms with Crippen LogP contribution >= 0.6 is 11.8 Å². The highest BCUT2D eigenvalue weighted by Gasteiger charge is 2.27. The van der Waals surface area contributed by atoms with Crippen LogP contribution < -0.4 is 10.6 Å². The first-order valence-corrected chi connectivity index (χ1v) is 5.33. The highest BCUT2D eigenvalue weighted by molar-refractivity contribution is 8.00. The molecule has 0 aliphatic heterocycles. The fraction of sp³-hybridized carbons (Fsp3) is 0.714. The Morgan fingerprint density at radius 2 is 1.94 bits per heavy atom. The lowest BCUT2D eigenvalue weighted by atomic mass is 10.3. The van der Waals surface area contributed by atoms with E-state index in [9.17, 15) is 22.8 Å². The van der Waals surface area contributed by atoms with Gasteiger partial charge in [-0.25, -0.2) is 9.59 Å². The largest absolute Gasteiger partial charge is 0.480 e. The van der Waals surface area contributed by atoms with Crippen LogP contribution in [0.3, 0.4) is 0 Å². The molecule has 0 aromatic rings. The maximum Gasteiger partial charge on any atom is 0.441 e. The first kappa shape index (κ1) is 15.8. The summed E-state index contributed by atoms with van der Waals surface area (Å²) in [5.74, 6) is -1.82. The molecule has 0 saturated heterocycles. The summed E-state index contributed by atoms with van der Waals surface area (Å²) in [6.45, 7) is -1.08. The molecule has 0 spiro atoms. The van der Waals surface area contributed by atoms with E-state index in [4.69, 9.17) is 10.2 Å². The van der Waals surface area contributed by atoms with Crippen LogP contribution in [0.2, 0.25) is 0 Å². The Morgan fingerprint density at radius 3 is 2.35 bits per heavy atom. The van der Waals surface area contributed by atoms with Crippen LogP contribution in [0.5, 0.6) is 0 Å². The van der Waals surface area contributed by atoms with Gasteiger partial charge in [0.1, 0.15) is 0 Å². The van der Waals surface area contributed by atoms with Gasteiger partial charge in [-0.1, -0.05) is 0 Å². The molecular formula is C7H11F3N2O4S. The maximum atomic E-state index is 11.7. The van der Waals surface area contributed by atoms with Crippen LogP contribution in [0.25, 0.3) is 0 Å². The number of aliphatic hydroxyl groups excluding tert-OH is 1. The summed E-state index contributed by atoms with van der Waals surface area (Å²) >= 11 is -0.302. The van der Waals surface area contributed by atoms with Gasteiger partial charge in [0, 0.05) is 12.3 Å². The molecule has 0 aromatic carbocycles. The number of halogens is 3. The molecule has 0 unspecified atom stereocenters. The third-order valence-electron chi connectivity index (χ3n) is 1.44. The van der Waals surface area contributed by atoms with Crippen molar-refractivity contribution in [2.45, 2.75) is 11.6 Å².